The van der Waals surface area contributed by atoms with E-state index in [9.17, 15) is 14.3 Å². The number of hydrogen-bond donors (Lipinski definition) is 3. The van der Waals surface area contributed by atoms with E-state index in [0.717, 1.165) is 16.5 Å². The Morgan fingerprint density at radius 1 is 1.09 bits per heavy atom. The molecule has 0 aliphatic heterocycles. The van der Waals surface area contributed by atoms with E-state index in [-0.39, 0.29) is 24.7 Å². The Morgan fingerprint density at radius 3 is 2.55 bits per heavy atom. The minimum Gasteiger partial charge on any atom is -0.488 e. The van der Waals surface area contributed by atoms with E-state index in [1.54, 1.807) is 30.9 Å². The maximum atomic E-state index is 13.1. The van der Waals surface area contributed by atoms with Gasteiger partial charge in [0, 0.05) is 35.8 Å². The summed E-state index contributed by atoms with van der Waals surface area (Å²) in [7, 11) is 1.51. The molecule has 0 aliphatic carbocycles. The molecule has 0 radical (unpaired) electrons. The van der Waals surface area contributed by atoms with Crippen molar-refractivity contribution in [2.45, 2.75) is 13.2 Å². The largest absolute Gasteiger partial charge is 0.488 e. The third-order valence-electron chi connectivity index (χ3n) is 4.93. The van der Waals surface area contributed by atoms with Gasteiger partial charge in [-0.25, -0.2) is 19.2 Å². The van der Waals surface area contributed by atoms with Crippen molar-refractivity contribution in [2.24, 2.45) is 0 Å². The number of aromatic nitrogens is 4. The molecular weight excluding hydrogens is 427 g/mol. The van der Waals surface area contributed by atoms with Gasteiger partial charge in [-0.1, -0.05) is 18.2 Å². The lowest BCUT2D eigenvalue weighted by Crippen LogP contribution is -2.07. The number of benzene rings is 2. The minimum atomic E-state index is -1.12. The summed E-state index contributed by atoms with van der Waals surface area (Å²) in [4.78, 5) is 25.4. The van der Waals surface area contributed by atoms with E-state index < -0.39 is 5.97 Å². The van der Waals surface area contributed by atoms with Crippen LogP contribution in [-0.4, -0.2) is 38.1 Å². The van der Waals surface area contributed by atoms with Crippen molar-refractivity contribution in [3.05, 3.63) is 90.0 Å². The second-order valence-electron chi connectivity index (χ2n) is 7.09. The number of nitrogens with one attached hydrogen (secondary N) is 2. The Labute approximate surface area is 188 Å². The highest BCUT2D eigenvalue weighted by Crippen LogP contribution is 2.36. The molecule has 0 amide bonds. The molecule has 8 nitrogen and oxygen atoms in total. The topological polar surface area (TPSA) is 113 Å². The monoisotopic (exact) mass is 448 g/mol. The van der Waals surface area contributed by atoms with Crippen LogP contribution in [0.1, 0.15) is 21.6 Å². The lowest BCUT2D eigenvalue weighted by molar-refractivity contribution is 0.0685. The van der Waals surface area contributed by atoms with Crippen molar-refractivity contribution in [2.75, 3.05) is 7.11 Å². The fraction of sp³-hybridized carbons (Fsp3) is 0.125. The third kappa shape index (κ3) is 4.83. The lowest BCUT2D eigenvalue weighted by Gasteiger charge is -2.10. The van der Waals surface area contributed by atoms with Crippen LogP contribution in [0, 0.1) is 5.82 Å². The Hall–Kier alpha value is -4.24. The molecule has 0 bridgehead atoms. The second-order valence-corrected chi connectivity index (χ2v) is 7.09. The zero-order valence-electron chi connectivity index (χ0n) is 17.7. The molecule has 3 N–H and O–H groups in total. The average Bonchev–Trinajstić information content (AvgIpc) is 3.51. The number of rotatable bonds is 6. The first-order valence-electron chi connectivity index (χ1n) is 10.0. The number of carbonyl (C=O) groups is 1. The molecule has 3 heterocycles. The average molecular weight is 448 g/mol. The van der Waals surface area contributed by atoms with E-state index >= 15 is 0 Å². The molecule has 0 aliphatic rings. The highest BCUT2D eigenvalue weighted by Gasteiger charge is 2.20. The number of pyridine rings is 1. The van der Waals surface area contributed by atoms with E-state index in [1.165, 1.54) is 25.4 Å². The number of aromatic carboxylic acids is 1. The van der Waals surface area contributed by atoms with E-state index in [4.69, 9.17) is 9.47 Å². The standard InChI is InChI=1S/C21H17FN2O4.C3H4N2/c1-27-11-14-18-16(9-23-20(14)21(25)26)24-15-3-2-4-17(19(15)18)28-10-12-5-7-13(22)8-6-12;1-2-5-3-4-1/h2-9,24H,10-11H2,1H3,(H,25,26);1-3H,(H,4,5). The number of nitrogens with zero attached hydrogens (tertiary/aromatic N) is 2. The van der Waals surface area contributed by atoms with Crippen molar-refractivity contribution < 1.29 is 23.8 Å². The number of aromatic amines is 2. The number of methoxy groups -OCH3 is 1. The van der Waals surface area contributed by atoms with Gasteiger partial charge in [-0.05, 0) is 29.8 Å². The van der Waals surface area contributed by atoms with E-state index in [1.807, 2.05) is 18.2 Å². The number of carboxylic acid groups (broad SMARTS) is 1. The minimum absolute atomic E-state index is 0.0522. The first-order valence-corrected chi connectivity index (χ1v) is 10.0. The fourth-order valence-electron chi connectivity index (χ4n) is 3.52. The van der Waals surface area contributed by atoms with Crippen molar-refractivity contribution in [1.82, 2.24) is 19.9 Å². The summed E-state index contributed by atoms with van der Waals surface area (Å²) in [6, 6.07) is 11.6. The normalized spacial score (nSPS) is 10.7. The first kappa shape index (κ1) is 22.0. The van der Waals surface area contributed by atoms with Crippen molar-refractivity contribution >= 4 is 27.8 Å². The summed E-state index contributed by atoms with van der Waals surface area (Å²) in [6.45, 7) is 0.355. The van der Waals surface area contributed by atoms with Gasteiger partial charge >= 0.3 is 5.97 Å². The zero-order valence-corrected chi connectivity index (χ0v) is 17.7. The number of halogens is 1. The Bertz CT molecular complexity index is 1350. The van der Waals surface area contributed by atoms with Crippen LogP contribution in [0.25, 0.3) is 21.8 Å². The van der Waals surface area contributed by atoms with Gasteiger partial charge in [0.25, 0.3) is 0 Å². The molecule has 0 spiro atoms. The van der Waals surface area contributed by atoms with Crippen LogP contribution in [0.15, 0.2) is 67.4 Å². The maximum Gasteiger partial charge on any atom is 0.354 e. The second kappa shape index (κ2) is 9.92. The van der Waals surface area contributed by atoms with Crippen molar-refractivity contribution in [3.63, 3.8) is 0 Å². The van der Waals surface area contributed by atoms with Gasteiger partial charge in [0.1, 0.15) is 18.2 Å². The van der Waals surface area contributed by atoms with Crippen molar-refractivity contribution in [3.8, 4) is 5.75 Å². The molecule has 0 saturated carbocycles. The third-order valence-corrected chi connectivity index (χ3v) is 4.93. The van der Waals surface area contributed by atoms with Crippen LogP contribution in [0.3, 0.4) is 0 Å². The highest BCUT2D eigenvalue weighted by atomic mass is 19.1. The van der Waals surface area contributed by atoms with Crippen molar-refractivity contribution in [1.29, 1.82) is 0 Å². The van der Waals surface area contributed by atoms with Gasteiger partial charge in [-0.2, -0.15) is 0 Å². The highest BCUT2D eigenvalue weighted by molar-refractivity contribution is 6.13. The van der Waals surface area contributed by atoms with Gasteiger partial charge in [-0.3, -0.25) is 0 Å². The molecular formula is C24H21FN4O4. The Morgan fingerprint density at radius 2 is 1.91 bits per heavy atom. The van der Waals surface area contributed by atoms with Gasteiger partial charge in [0.15, 0.2) is 5.69 Å². The van der Waals surface area contributed by atoms with Gasteiger partial charge in [0.2, 0.25) is 0 Å². The lowest BCUT2D eigenvalue weighted by atomic mass is 10.1. The Kier molecular flexibility index (Phi) is 6.61. The summed E-state index contributed by atoms with van der Waals surface area (Å²) in [5.74, 6) is -0.832. The molecule has 0 atom stereocenters. The van der Waals surface area contributed by atoms with Gasteiger partial charge in [-0.15, -0.1) is 0 Å². The number of ether oxygens (including phenoxy) is 2. The zero-order chi connectivity index (χ0) is 23.2. The van der Waals surface area contributed by atoms with Crippen LogP contribution in [0.5, 0.6) is 5.75 Å². The summed E-state index contributed by atoms with van der Waals surface area (Å²) >= 11 is 0. The molecule has 0 saturated heterocycles. The van der Waals surface area contributed by atoms with Crippen LogP contribution < -0.4 is 4.74 Å². The smallest absolute Gasteiger partial charge is 0.354 e. The quantitative estimate of drug-likeness (QED) is 0.347. The number of imidazole rings is 1. The SMILES string of the molecule is COCc1c(C(=O)O)ncc2[nH]c3cccc(OCc4ccc(F)cc4)c3c12.c1c[nH]cn1. The van der Waals surface area contributed by atoms with Crippen LogP contribution >= 0.6 is 0 Å². The number of fused-ring (bicyclic) bond motifs is 3. The summed E-state index contributed by atoms with van der Waals surface area (Å²) in [5.41, 5.74) is 2.75. The molecule has 0 fully saturated rings. The van der Waals surface area contributed by atoms with Gasteiger partial charge in [0.05, 0.1) is 30.2 Å². The molecule has 2 aromatic carbocycles. The van der Waals surface area contributed by atoms with E-state index in [0.29, 0.717) is 22.2 Å². The van der Waals surface area contributed by atoms with Crippen LogP contribution in [0.4, 0.5) is 4.39 Å². The number of carboxylic acids is 1. The molecule has 5 rings (SSSR count). The number of H-pyrrole nitrogens is 2. The fourth-order valence-corrected chi connectivity index (χ4v) is 3.52. The van der Waals surface area contributed by atoms with Crippen LogP contribution in [0.2, 0.25) is 0 Å². The molecule has 33 heavy (non-hydrogen) atoms. The summed E-state index contributed by atoms with van der Waals surface area (Å²) in [6.07, 6.45) is 6.59. The maximum absolute atomic E-state index is 13.1. The van der Waals surface area contributed by atoms with Crippen LogP contribution in [-0.2, 0) is 18.0 Å². The van der Waals surface area contributed by atoms with E-state index in [2.05, 4.69) is 19.9 Å². The molecule has 5 aromatic rings. The predicted molar refractivity (Wildman–Crippen MR) is 121 cm³/mol. The molecule has 168 valence electrons. The summed E-state index contributed by atoms with van der Waals surface area (Å²) < 4.78 is 24.3. The van der Waals surface area contributed by atoms with Gasteiger partial charge < -0.3 is 24.5 Å². The molecule has 3 aromatic heterocycles. The number of hydrogen-bond acceptors (Lipinski definition) is 5. The predicted octanol–water partition coefficient (Wildman–Crippen LogP) is 4.69. The summed E-state index contributed by atoms with van der Waals surface area (Å²) in [5, 5.41) is 11.0. The molecule has 0 unspecified atom stereocenters. The molecule has 9 heteroatoms. The first-order chi connectivity index (χ1) is 16.1. The Balaban J connectivity index is 0.000000459.